The van der Waals surface area contributed by atoms with Crippen molar-refractivity contribution in [2.75, 3.05) is 37.6 Å². The van der Waals surface area contributed by atoms with Crippen LogP contribution in [0.3, 0.4) is 0 Å². The number of nitrogens with two attached hydrogens (primary N) is 1. The normalized spacial score (nSPS) is 20.5. The molecule has 0 atom stereocenters. The van der Waals surface area contributed by atoms with E-state index in [2.05, 4.69) is 9.80 Å². The van der Waals surface area contributed by atoms with Gasteiger partial charge >= 0.3 is 0 Å². The van der Waals surface area contributed by atoms with E-state index in [-0.39, 0.29) is 11.0 Å². The fourth-order valence-corrected chi connectivity index (χ4v) is 3.98. The molecular weight excluding hydrogens is 314 g/mol. The van der Waals surface area contributed by atoms with Gasteiger partial charge in [-0.1, -0.05) is 6.07 Å². The molecule has 0 saturated carbocycles. The van der Waals surface area contributed by atoms with E-state index in [0.29, 0.717) is 0 Å². The Morgan fingerprint density at radius 3 is 2.61 bits per heavy atom. The van der Waals surface area contributed by atoms with Crippen molar-refractivity contribution in [3.8, 4) is 0 Å². The van der Waals surface area contributed by atoms with Gasteiger partial charge in [-0.15, -0.1) is 0 Å². The van der Waals surface area contributed by atoms with E-state index in [1.807, 2.05) is 6.07 Å². The van der Waals surface area contributed by atoms with Crippen molar-refractivity contribution in [3.05, 3.63) is 23.8 Å². The number of aliphatic hydroxyl groups is 1. The highest BCUT2D eigenvalue weighted by Crippen LogP contribution is 2.29. The van der Waals surface area contributed by atoms with Crippen LogP contribution in [0.5, 0.6) is 0 Å². The van der Waals surface area contributed by atoms with Crippen molar-refractivity contribution >= 4 is 15.7 Å². The second kappa shape index (κ2) is 6.76. The van der Waals surface area contributed by atoms with E-state index in [9.17, 15) is 13.5 Å². The highest BCUT2D eigenvalue weighted by Gasteiger charge is 2.22. The molecule has 0 aliphatic carbocycles. The number of rotatable bonds is 4. The van der Waals surface area contributed by atoms with Gasteiger partial charge < -0.3 is 14.9 Å². The summed E-state index contributed by atoms with van der Waals surface area (Å²) < 4.78 is 23.2. The molecule has 0 unspecified atom stereocenters. The molecule has 0 bridgehead atoms. The summed E-state index contributed by atoms with van der Waals surface area (Å²) in [7, 11) is -3.67. The summed E-state index contributed by atoms with van der Waals surface area (Å²) in [5.74, 6) is 0. The third kappa shape index (κ3) is 4.03. The molecule has 1 saturated heterocycles. The number of hydrogen-bond donors (Lipinski definition) is 2. The number of nitrogens with zero attached hydrogens (tertiary/aromatic N) is 2. The highest BCUT2D eigenvalue weighted by molar-refractivity contribution is 7.89. The zero-order valence-electron chi connectivity index (χ0n) is 13.3. The molecule has 2 heterocycles. The molecule has 3 rings (SSSR count). The molecule has 6 nitrogen and oxygen atoms in total. The Labute approximate surface area is 137 Å². The van der Waals surface area contributed by atoms with Crippen molar-refractivity contribution < 1.29 is 13.5 Å². The number of aliphatic hydroxyl groups excluding tert-OH is 1. The maximum Gasteiger partial charge on any atom is 0.238 e. The van der Waals surface area contributed by atoms with Crippen LogP contribution in [0.25, 0.3) is 0 Å². The summed E-state index contributed by atoms with van der Waals surface area (Å²) in [5.41, 5.74) is 2.19. The molecule has 128 valence electrons. The van der Waals surface area contributed by atoms with Crippen LogP contribution in [0, 0.1) is 0 Å². The second-order valence-corrected chi connectivity index (χ2v) is 8.06. The molecule has 1 aromatic carbocycles. The van der Waals surface area contributed by atoms with E-state index in [1.165, 1.54) is 5.56 Å². The van der Waals surface area contributed by atoms with Gasteiger partial charge in [-0.3, -0.25) is 0 Å². The summed E-state index contributed by atoms with van der Waals surface area (Å²) >= 11 is 0. The number of piperidine rings is 1. The molecule has 1 aromatic rings. The zero-order chi connectivity index (χ0) is 16.4. The monoisotopic (exact) mass is 339 g/mol. The summed E-state index contributed by atoms with van der Waals surface area (Å²) in [6.45, 7) is 4.61. The van der Waals surface area contributed by atoms with Crippen molar-refractivity contribution in [3.63, 3.8) is 0 Å². The Hall–Kier alpha value is -1.15. The highest BCUT2D eigenvalue weighted by atomic mass is 32.2. The van der Waals surface area contributed by atoms with Crippen LogP contribution in [0.4, 0.5) is 5.69 Å². The van der Waals surface area contributed by atoms with E-state index in [4.69, 9.17) is 5.14 Å². The summed E-state index contributed by atoms with van der Waals surface area (Å²) in [5, 5.41) is 14.8. The molecule has 7 heteroatoms. The predicted molar refractivity (Wildman–Crippen MR) is 90.0 cm³/mol. The number of hydrogen-bond acceptors (Lipinski definition) is 5. The Kier molecular flexibility index (Phi) is 4.91. The molecule has 3 N–H and O–H groups in total. The lowest BCUT2D eigenvalue weighted by molar-refractivity contribution is 0.0838. The van der Waals surface area contributed by atoms with Gasteiger partial charge in [-0.2, -0.15) is 0 Å². The number of likely N-dealkylation sites (tertiary alicyclic amines) is 1. The van der Waals surface area contributed by atoms with Crippen molar-refractivity contribution in [2.24, 2.45) is 5.14 Å². The van der Waals surface area contributed by atoms with Gasteiger partial charge in [0.05, 0.1) is 11.0 Å². The maximum absolute atomic E-state index is 11.6. The molecular formula is C16H25N3O3S. The molecule has 2 aliphatic rings. The van der Waals surface area contributed by atoms with Crippen molar-refractivity contribution in [1.82, 2.24) is 4.90 Å². The van der Waals surface area contributed by atoms with Gasteiger partial charge in [-0.25, -0.2) is 13.6 Å². The van der Waals surface area contributed by atoms with Crippen LogP contribution in [-0.4, -0.2) is 57.3 Å². The first-order chi connectivity index (χ1) is 10.9. The molecule has 0 spiro atoms. The molecule has 0 amide bonds. The standard InChI is InChI=1S/C16H25N3O3S/c17-23(21,22)15-4-3-13-2-1-7-19(16(13)12-15)11-10-18-8-5-14(20)6-9-18/h3-4,12,14,20H,1-2,5-11H2,(H2,17,21,22). The molecule has 0 aromatic heterocycles. The SMILES string of the molecule is NS(=O)(=O)c1ccc2c(c1)N(CCN1CCC(O)CC1)CCC2. The number of anilines is 1. The zero-order valence-corrected chi connectivity index (χ0v) is 14.1. The van der Waals surface area contributed by atoms with Crippen LogP contribution < -0.4 is 10.0 Å². The first-order valence-corrected chi connectivity index (χ1v) is 9.79. The molecule has 0 radical (unpaired) electrons. The average molecular weight is 339 g/mol. The van der Waals surface area contributed by atoms with Crippen LogP contribution in [0.1, 0.15) is 24.8 Å². The van der Waals surface area contributed by atoms with Crippen molar-refractivity contribution in [1.29, 1.82) is 0 Å². The van der Waals surface area contributed by atoms with E-state index >= 15 is 0 Å². The average Bonchev–Trinajstić information content (AvgIpc) is 2.53. The minimum absolute atomic E-state index is 0.153. The Morgan fingerprint density at radius 2 is 1.91 bits per heavy atom. The first kappa shape index (κ1) is 16.7. The quantitative estimate of drug-likeness (QED) is 0.836. The van der Waals surface area contributed by atoms with Gasteiger partial charge in [0.25, 0.3) is 0 Å². The van der Waals surface area contributed by atoms with Crippen LogP contribution >= 0.6 is 0 Å². The Bertz CT molecular complexity index is 655. The lowest BCUT2D eigenvalue weighted by Gasteiger charge is -2.35. The second-order valence-electron chi connectivity index (χ2n) is 6.50. The van der Waals surface area contributed by atoms with E-state index in [0.717, 1.165) is 64.1 Å². The van der Waals surface area contributed by atoms with E-state index < -0.39 is 10.0 Å². The van der Waals surface area contributed by atoms with Gasteiger partial charge in [0, 0.05) is 38.4 Å². The predicted octanol–water partition coefficient (Wildman–Crippen LogP) is 0.543. The summed E-state index contributed by atoms with van der Waals surface area (Å²) in [4.78, 5) is 4.81. The minimum Gasteiger partial charge on any atom is -0.393 e. The van der Waals surface area contributed by atoms with Gasteiger partial charge in [0.1, 0.15) is 0 Å². The van der Waals surface area contributed by atoms with Crippen LogP contribution in [0.15, 0.2) is 23.1 Å². The van der Waals surface area contributed by atoms with Gasteiger partial charge in [0.2, 0.25) is 10.0 Å². The first-order valence-electron chi connectivity index (χ1n) is 8.24. The minimum atomic E-state index is -3.67. The number of sulfonamides is 1. The smallest absolute Gasteiger partial charge is 0.238 e. The largest absolute Gasteiger partial charge is 0.393 e. The van der Waals surface area contributed by atoms with Crippen molar-refractivity contribution in [2.45, 2.75) is 36.7 Å². The van der Waals surface area contributed by atoms with E-state index in [1.54, 1.807) is 12.1 Å². The Balaban J connectivity index is 1.70. The third-order valence-electron chi connectivity index (χ3n) is 4.84. The van der Waals surface area contributed by atoms with Gasteiger partial charge in [0.15, 0.2) is 0 Å². The number of primary sulfonamides is 1. The maximum atomic E-state index is 11.6. The third-order valence-corrected chi connectivity index (χ3v) is 5.75. The molecule has 23 heavy (non-hydrogen) atoms. The lowest BCUT2D eigenvalue weighted by Crippen LogP contribution is -2.42. The number of benzene rings is 1. The fourth-order valence-electron chi connectivity index (χ4n) is 3.44. The fraction of sp³-hybridized carbons (Fsp3) is 0.625. The summed E-state index contributed by atoms with van der Waals surface area (Å²) in [6, 6.07) is 5.20. The summed E-state index contributed by atoms with van der Waals surface area (Å²) in [6.07, 6.45) is 3.59. The lowest BCUT2D eigenvalue weighted by atomic mass is 10.0. The van der Waals surface area contributed by atoms with Crippen LogP contribution in [-0.2, 0) is 16.4 Å². The number of fused-ring (bicyclic) bond motifs is 1. The molecule has 1 fully saturated rings. The topological polar surface area (TPSA) is 86.9 Å². The Morgan fingerprint density at radius 1 is 1.17 bits per heavy atom. The molecule has 2 aliphatic heterocycles. The van der Waals surface area contributed by atoms with Gasteiger partial charge in [-0.05, 0) is 43.4 Å². The van der Waals surface area contributed by atoms with Crippen LogP contribution in [0.2, 0.25) is 0 Å². The number of aryl methyl sites for hydroxylation is 1.